The second kappa shape index (κ2) is 14.7. The predicted molar refractivity (Wildman–Crippen MR) is 266 cm³/mol. The van der Waals surface area contributed by atoms with Crippen molar-refractivity contribution in [2.75, 3.05) is 0 Å². The third kappa shape index (κ3) is 5.61. The van der Waals surface area contributed by atoms with E-state index in [1.165, 1.54) is 75.3 Å². The molecule has 0 spiro atoms. The molecule has 0 saturated carbocycles. The summed E-state index contributed by atoms with van der Waals surface area (Å²) in [5.41, 5.74) is 8.92. The van der Waals surface area contributed by atoms with Crippen LogP contribution < -0.4 is 20.7 Å². The Kier molecular flexibility index (Phi) is 8.58. The minimum atomic E-state index is -2.70. The van der Waals surface area contributed by atoms with Crippen molar-refractivity contribution >= 4 is 83.1 Å². The summed E-state index contributed by atoms with van der Waals surface area (Å²) in [5, 5.41) is 15.1. The van der Waals surface area contributed by atoms with Gasteiger partial charge in [-0.3, -0.25) is 0 Å². The molecule has 0 fully saturated rings. The second-order valence-corrected chi connectivity index (χ2v) is 20.1. The van der Waals surface area contributed by atoms with Crippen LogP contribution in [0.15, 0.2) is 247 Å². The van der Waals surface area contributed by atoms with E-state index in [2.05, 4.69) is 243 Å². The summed E-state index contributed by atoms with van der Waals surface area (Å²) in [4.78, 5) is 0. The molecule has 0 bridgehead atoms. The monoisotopic (exact) mass is 804 g/mol. The Hall–Kier alpha value is -7.78. The number of para-hydroxylation sites is 1. The molecule has 290 valence electrons. The molecule has 0 amide bonds. The highest BCUT2D eigenvalue weighted by atomic mass is 28.3. The number of hydrogen-bond donors (Lipinski definition) is 0. The molecule has 11 aromatic carbocycles. The SMILES string of the molecule is c1ccc([Si](c2ccccc2)(c2ccccc2)c2ccc(-c3cc(-c4c5ccccc5c(-c5cccc6ccccc56)c5ccccc45)cc4c3oc3ccccc34)cc2)cc1. The van der Waals surface area contributed by atoms with Gasteiger partial charge in [0.25, 0.3) is 0 Å². The van der Waals surface area contributed by atoms with Crippen LogP contribution in [0.1, 0.15) is 0 Å². The molecule has 0 aliphatic rings. The zero-order valence-corrected chi connectivity index (χ0v) is 35.0. The van der Waals surface area contributed by atoms with E-state index in [9.17, 15) is 0 Å². The lowest BCUT2D eigenvalue weighted by Gasteiger charge is -2.34. The Balaban J connectivity index is 1.12. The van der Waals surface area contributed by atoms with E-state index >= 15 is 0 Å². The summed E-state index contributed by atoms with van der Waals surface area (Å²) in [7, 11) is -2.70. The molecule has 0 aliphatic carbocycles. The van der Waals surface area contributed by atoms with E-state index in [-0.39, 0.29) is 0 Å². The fourth-order valence-corrected chi connectivity index (χ4v) is 15.1. The normalized spacial score (nSPS) is 11.9. The van der Waals surface area contributed by atoms with Gasteiger partial charge in [-0.05, 0) is 99.1 Å². The highest BCUT2D eigenvalue weighted by molar-refractivity contribution is 7.19. The third-order valence-electron chi connectivity index (χ3n) is 13.0. The summed E-state index contributed by atoms with van der Waals surface area (Å²) >= 11 is 0. The van der Waals surface area contributed by atoms with Crippen LogP contribution in [-0.4, -0.2) is 8.07 Å². The number of hydrogen-bond acceptors (Lipinski definition) is 1. The van der Waals surface area contributed by atoms with Gasteiger partial charge in [0, 0.05) is 16.3 Å². The molecule has 1 aromatic heterocycles. The lowest BCUT2D eigenvalue weighted by molar-refractivity contribution is 0.670. The van der Waals surface area contributed by atoms with Crippen LogP contribution in [0.5, 0.6) is 0 Å². The standard InChI is InChI=1S/C60H40OSi/c1-4-21-44(22-5-1)62(45-23-6-2-7-24-45,46-25-8-3-9-26-46)47-37-35-42(36-38-47)55-39-43(40-56-49-28-16-17-34-57(49)61-60(55)56)58-51-29-12-14-31-53(51)59(54-32-15-13-30-52(54)58)50-33-18-20-41-19-10-11-27-48(41)50/h1-40H. The first kappa shape index (κ1) is 36.1. The number of benzene rings is 11. The van der Waals surface area contributed by atoms with Gasteiger partial charge in [-0.25, -0.2) is 0 Å². The summed E-state index contributed by atoms with van der Waals surface area (Å²) in [6, 6.07) is 89.4. The topological polar surface area (TPSA) is 13.1 Å². The fraction of sp³-hybridized carbons (Fsp3) is 0. The Bertz CT molecular complexity index is 3450. The molecule has 0 N–H and O–H groups in total. The van der Waals surface area contributed by atoms with Gasteiger partial charge in [0.05, 0.1) is 0 Å². The molecule has 62 heavy (non-hydrogen) atoms. The van der Waals surface area contributed by atoms with Crippen LogP contribution in [0, 0.1) is 0 Å². The Morgan fingerprint density at radius 3 is 1.31 bits per heavy atom. The van der Waals surface area contributed by atoms with Crippen LogP contribution in [0.2, 0.25) is 0 Å². The fourth-order valence-electron chi connectivity index (χ4n) is 10.3. The molecule has 2 heteroatoms. The first-order valence-corrected chi connectivity index (χ1v) is 23.4. The van der Waals surface area contributed by atoms with Gasteiger partial charge < -0.3 is 4.42 Å². The van der Waals surface area contributed by atoms with Crippen LogP contribution in [0.25, 0.3) is 87.6 Å². The van der Waals surface area contributed by atoms with Gasteiger partial charge in [0.15, 0.2) is 8.07 Å². The predicted octanol–water partition coefficient (Wildman–Crippen LogP) is 13.4. The van der Waals surface area contributed by atoms with Gasteiger partial charge in [0.1, 0.15) is 11.2 Å². The number of furan rings is 1. The van der Waals surface area contributed by atoms with Gasteiger partial charge in [-0.15, -0.1) is 0 Å². The molecule has 0 saturated heterocycles. The van der Waals surface area contributed by atoms with Crippen molar-refractivity contribution in [1.29, 1.82) is 0 Å². The maximum atomic E-state index is 6.84. The van der Waals surface area contributed by atoms with Crippen LogP contribution in [0.4, 0.5) is 0 Å². The summed E-state index contributed by atoms with van der Waals surface area (Å²) < 4.78 is 6.84. The largest absolute Gasteiger partial charge is 0.455 e. The molecule has 0 radical (unpaired) electrons. The van der Waals surface area contributed by atoms with Crippen molar-refractivity contribution < 1.29 is 4.42 Å². The summed E-state index contributed by atoms with van der Waals surface area (Å²) in [6.45, 7) is 0. The average Bonchev–Trinajstić information content (AvgIpc) is 3.73. The first-order valence-electron chi connectivity index (χ1n) is 21.4. The molecule has 1 nitrogen and oxygen atoms in total. The Labute approximate surface area is 361 Å². The lowest BCUT2D eigenvalue weighted by atomic mass is 9.84. The van der Waals surface area contributed by atoms with E-state index in [1.54, 1.807) is 0 Å². The molecule has 0 aliphatic heterocycles. The minimum Gasteiger partial charge on any atom is -0.455 e. The van der Waals surface area contributed by atoms with Gasteiger partial charge in [0.2, 0.25) is 0 Å². The quantitative estimate of drug-likeness (QED) is 0.0888. The van der Waals surface area contributed by atoms with Crippen molar-refractivity contribution in [3.63, 3.8) is 0 Å². The van der Waals surface area contributed by atoms with Crippen molar-refractivity contribution in [2.45, 2.75) is 0 Å². The maximum Gasteiger partial charge on any atom is 0.179 e. The van der Waals surface area contributed by atoms with Crippen LogP contribution >= 0.6 is 0 Å². The smallest absolute Gasteiger partial charge is 0.179 e. The van der Waals surface area contributed by atoms with Gasteiger partial charge in [-0.2, -0.15) is 0 Å². The number of fused-ring (bicyclic) bond motifs is 6. The highest BCUT2D eigenvalue weighted by Crippen LogP contribution is 2.47. The third-order valence-corrected chi connectivity index (χ3v) is 17.8. The average molecular weight is 805 g/mol. The van der Waals surface area contributed by atoms with E-state index in [4.69, 9.17) is 4.42 Å². The van der Waals surface area contributed by atoms with Crippen molar-refractivity contribution in [3.8, 4) is 33.4 Å². The number of rotatable bonds is 7. The van der Waals surface area contributed by atoms with Crippen molar-refractivity contribution in [3.05, 3.63) is 243 Å². The zero-order chi connectivity index (χ0) is 41.0. The minimum absolute atomic E-state index is 0.891. The molecule has 1 heterocycles. The molecular formula is C60H40OSi. The van der Waals surface area contributed by atoms with Crippen LogP contribution in [0.3, 0.4) is 0 Å². The highest BCUT2D eigenvalue weighted by Gasteiger charge is 2.41. The molecule has 12 rings (SSSR count). The maximum absolute atomic E-state index is 6.84. The van der Waals surface area contributed by atoms with Gasteiger partial charge in [-0.1, -0.05) is 224 Å². The Morgan fingerprint density at radius 1 is 0.274 bits per heavy atom. The molecule has 0 atom stereocenters. The Morgan fingerprint density at radius 2 is 0.726 bits per heavy atom. The zero-order valence-electron chi connectivity index (χ0n) is 34.0. The second-order valence-electron chi connectivity index (χ2n) is 16.3. The van der Waals surface area contributed by atoms with E-state index in [1.807, 2.05) is 0 Å². The van der Waals surface area contributed by atoms with Crippen molar-refractivity contribution in [1.82, 2.24) is 0 Å². The summed E-state index contributed by atoms with van der Waals surface area (Å²) in [5.74, 6) is 0. The van der Waals surface area contributed by atoms with E-state index in [0.717, 1.165) is 33.1 Å². The van der Waals surface area contributed by atoms with Gasteiger partial charge >= 0.3 is 0 Å². The molecular weight excluding hydrogens is 765 g/mol. The molecule has 12 aromatic rings. The molecule has 0 unspecified atom stereocenters. The van der Waals surface area contributed by atoms with E-state index in [0.29, 0.717) is 0 Å². The first-order chi connectivity index (χ1) is 30.8. The van der Waals surface area contributed by atoms with E-state index < -0.39 is 8.07 Å². The summed E-state index contributed by atoms with van der Waals surface area (Å²) in [6.07, 6.45) is 0. The van der Waals surface area contributed by atoms with Crippen LogP contribution in [-0.2, 0) is 0 Å². The van der Waals surface area contributed by atoms with Crippen molar-refractivity contribution in [2.24, 2.45) is 0 Å². The lowest BCUT2D eigenvalue weighted by Crippen LogP contribution is -2.74.